The summed E-state index contributed by atoms with van der Waals surface area (Å²) in [4.78, 5) is 32.0. The second-order valence-corrected chi connectivity index (χ2v) is 6.04. The molecule has 1 aromatic heterocycles. The van der Waals surface area contributed by atoms with Gasteiger partial charge in [0.05, 0.1) is 24.6 Å². The maximum absolute atomic E-state index is 12.9. The van der Waals surface area contributed by atoms with E-state index in [1.807, 2.05) is 42.5 Å². The summed E-state index contributed by atoms with van der Waals surface area (Å²) in [6.45, 7) is 1.09. The summed E-state index contributed by atoms with van der Waals surface area (Å²) in [5.74, 6) is -0.475. The molecule has 4 rings (SSSR count). The monoisotopic (exact) mass is 347 g/mol. The minimum absolute atomic E-state index is 0.135. The summed E-state index contributed by atoms with van der Waals surface area (Å²) in [5.41, 5.74) is 1.76. The van der Waals surface area contributed by atoms with Crippen LogP contribution in [-0.4, -0.2) is 37.2 Å². The van der Waals surface area contributed by atoms with Gasteiger partial charge in [-0.05, 0) is 29.0 Å². The van der Waals surface area contributed by atoms with Crippen LogP contribution in [0.15, 0.2) is 60.9 Å². The van der Waals surface area contributed by atoms with Crippen molar-refractivity contribution in [1.29, 1.82) is 0 Å². The number of amides is 2. The Kier molecular flexibility index (Phi) is 4.01. The molecule has 0 atom stereocenters. The van der Waals surface area contributed by atoms with Crippen molar-refractivity contribution in [2.45, 2.75) is 0 Å². The molecule has 0 N–H and O–H groups in total. The summed E-state index contributed by atoms with van der Waals surface area (Å²) in [6.07, 6.45) is 3.01. The molecule has 1 aliphatic heterocycles. The van der Waals surface area contributed by atoms with Crippen molar-refractivity contribution >= 4 is 34.1 Å². The van der Waals surface area contributed by atoms with Gasteiger partial charge in [0.1, 0.15) is 0 Å². The minimum atomic E-state index is -0.475. The molecule has 26 heavy (non-hydrogen) atoms. The number of anilines is 2. The molecule has 2 aromatic carbocycles. The number of nitrogens with zero attached hydrogens (tertiary/aromatic N) is 3. The molecule has 3 aromatic rings. The quantitative estimate of drug-likeness (QED) is 0.681. The SMILES string of the molecule is COC(=O)c1cncc(N2CCN(c3ccc4ccccc4c3)C2=O)c1. The van der Waals surface area contributed by atoms with Gasteiger partial charge in [-0.1, -0.05) is 30.3 Å². The van der Waals surface area contributed by atoms with Gasteiger partial charge < -0.3 is 4.74 Å². The first-order chi connectivity index (χ1) is 12.7. The van der Waals surface area contributed by atoms with E-state index >= 15 is 0 Å². The molecule has 0 radical (unpaired) electrons. The fourth-order valence-corrected chi connectivity index (χ4v) is 3.17. The van der Waals surface area contributed by atoms with Gasteiger partial charge in [0.25, 0.3) is 0 Å². The molecule has 1 saturated heterocycles. The first kappa shape index (κ1) is 16.1. The van der Waals surface area contributed by atoms with E-state index in [1.54, 1.807) is 22.1 Å². The number of hydrogen-bond acceptors (Lipinski definition) is 4. The number of rotatable bonds is 3. The molecule has 6 nitrogen and oxygen atoms in total. The third-order valence-electron chi connectivity index (χ3n) is 4.51. The van der Waals surface area contributed by atoms with E-state index in [0.29, 0.717) is 24.3 Å². The van der Waals surface area contributed by atoms with E-state index in [1.165, 1.54) is 13.3 Å². The predicted molar refractivity (Wildman–Crippen MR) is 99.6 cm³/mol. The van der Waals surface area contributed by atoms with Crippen LogP contribution in [0, 0.1) is 0 Å². The van der Waals surface area contributed by atoms with Gasteiger partial charge in [-0.2, -0.15) is 0 Å². The maximum atomic E-state index is 12.9. The van der Waals surface area contributed by atoms with Crippen molar-refractivity contribution in [3.63, 3.8) is 0 Å². The smallest absolute Gasteiger partial charge is 0.339 e. The number of aromatic nitrogens is 1. The Morgan fingerprint density at radius 3 is 2.46 bits per heavy atom. The lowest BCUT2D eigenvalue weighted by Crippen LogP contribution is -2.31. The second kappa shape index (κ2) is 6.48. The van der Waals surface area contributed by atoms with E-state index in [-0.39, 0.29) is 6.03 Å². The van der Waals surface area contributed by atoms with Crippen LogP contribution in [0.5, 0.6) is 0 Å². The second-order valence-electron chi connectivity index (χ2n) is 6.04. The van der Waals surface area contributed by atoms with E-state index in [2.05, 4.69) is 4.98 Å². The zero-order chi connectivity index (χ0) is 18.1. The van der Waals surface area contributed by atoms with Gasteiger partial charge in [-0.3, -0.25) is 14.8 Å². The molecule has 0 bridgehead atoms. The summed E-state index contributed by atoms with van der Waals surface area (Å²) in [5, 5.41) is 2.22. The molecule has 2 heterocycles. The lowest BCUT2D eigenvalue weighted by molar-refractivity contribution is 0.0600. The van der Waals surface area contributed by atoms with Crippen molar-refractivity contribution < 1.29 is 14.3 Å². The van der Waals surface area contributed by atoms with Crippen molar-refractivity contribution in [2.75, 3.05) is 30.0 Å². The van der Waals surface area contributed by atoms with Gasteiger partial charge in [0, 0.05) is 25.0 Å². The van der Waals surface area contributed by atoms with Crippen LogP contribution >= 0.6 is 0 Å². The molecule has 0 aliphatic carbocycles. The van der Waals surface area contributed by atoms with E-state index in [4.69, 9.17) is 4.74 Å². The van der Waals surface area contributed by atoms with E-state index < -0.39 is 5.97 Å². The molecule has 1 aliphatic rings. The van der Waals surface area contributed by atoms with Crippen molar-refractivity contribution in [1.82, 2.24) is 4.98 Å². The number of carbonyl (C=O) groups excluding carboxylic acids is 2. The molecule has 0 spiro atoms. The number of esters is 1. The van der Waals surface area contributed by atoms with Crippen molar-refractivity contribution in [3.05, 3.63) is 66.5 Å². The van der Waals surface area contributed by atoms with E-state index in [9.17, 15) is 9.59 Å². The van der Waals surface area contributed by atoms with Crippen LogP contribution in [0.25, 0.3) is 10.8 Å². The first-order valence-electron chi connectivity index (χ1n) is 8.28. The number of fused-ring (bicyclic) bond motifs is 1. The fourth-order valence-electron chi connectivity index (χ4n) is 3.17. The highest BCUT2D eigenvalue weighted by atomic mass is 16.5. The number of benzene rings is 2. The topological polar surface area (TPSA) is 62.7 Å². The van der Waals surface area contributed by atoms with Crippen molar-refractivity contribution in [2.24, 2.45) is 0 Å². The Labute approximate surface area is 150 Å². The van der Waals surface area contributed by atoms with Gasteiger partial charge in [0.15, 0.2) is 0 Å². The molecule has 2 amide bonds. The third-order valence-corrected chi connectivity index (χ3v) is 4.51. The van der Waals surface area contributed by atoms with Gasteiger partial charge >= 0.3 is 12.0 Å². The number of urea groups is 1. The van der Waals surface area contributed by atoms with Crippen molar-refractivity contribution in [3.8, 4) is 0 Å². The largest absolute Gasteiger partial charge is 0.465 e. The van der Waals surface area contributed by atoms with Crippen LogP contribution in [0.4, 0.5) is 16.2 Å². The average Bonchev–Trinajstić information content (AvgIpc) is 3.08. The number of pyridine rings is 1. The van der Waals surface area contributed by atoms with Crippen LogP contribution in [0.2, 0.25) is 0 Å². The first-order valence-corrected chi connectivity index (χ1v) is 8.28. The fraction of sp³-hybridized carbons (Fsp3) is 0.150. The Balaban J connectivity index is 1.62. The number of ether oxygens (including phenoxy) is 1. The predicted octanol–water partition coefficient (Wildman–Crippen LogP) is 3.47. The third kappa shape index (κ3) is 2.75. The Hall–Kier alpha value is -3.41. The molecule has 0 unspecified atom stereocenters. The zero-order valence-corrected chi connectivity index (χ0v) is 14.3. The average molecular weight is 347 g/mol. The summed E-state index contributed by atoms with van der Waals surface area (Å²) in [6, 6.07) is 15.5. The Morgan fingerprint density at radius 2 is 1.69 bits per heavy atom. The summed E-state index contributed by atoms with van der Waals surface area (Å²) in [7, 11) is 1.32. The molecular formula is C20H17N3O3. The molecule has 0 saturated carbocycles. The summed E-state index contributed by atoms with van der Waals surface area (Å²) < 4.78 is 4.72. The Bertz CT molecular complexity index is 1000. The molecule has 1 fully saturated rings. The minimum Gasteiger partial charge on any atom is -0.465 e. The molecule has 130 valence electrons. The van der Waals surface area contributed by atoms with Gasteiger partial charge in [0.2, 0.25) is 0 Å². The zero-order valence-electron chi connectivity index (χ0n) is 14.3. The van der Waals surface area contributed by atoms with Crippen LogP contribution < -0.4 is 9.80 Å². The number of hydrogen-bond donors (Lipinski definition) is 0. The lowest BCUT2D eigenvalue weighted by atomic mass is 10.1. The maximum Gasteiger partial charge on any atom is 0.339 e. The highest BCUT2D eigenvalue weighted by molar-refractivity contribution is 6.07. The van der Waals surface area contributed by atoms with Gasteiger partial charge in [-0.15, -0.1) is 0 Å². The van der Waals surface area contributed by atoms with Gasteiger partial charge in [-0.25, -0.2) is 9.59 Å². The van der Waals surface area contributed by atoms with Crippen LogP contribution in [0.1, 0.15) is 10.4 Å². The van der Waals surface area contributed by atoms with Crippen LogP contribution in [-0.2, 0) is 4.74 Å². The number of methoxy groups -OCH3 is 1. The lowest BCUT2D eigenvalue weighted by Gasteiger charge is -2.19. The summed E-state index contributed by atoms with van der Waals surface area (Å²) >= 11 is 0. The van der Waals surface area contributed by atoms with E-state index in [0.717, 1.165) is 16.5 Å². The van der Waals surface area contributed by atoms with Crippen LogP contribution in [0.3, 0.4) is 0 Å². The normalized spacial score (nSPS) is 14.1. The molecule has 6 heteroatoms. The highest BCUT2D eigenvalue weighted by Gasteiger charge is 2.31. The standard InChI is InChI=1S/C20H17N3O3/c1-26-19(24)16-11-18(13-21-12-16)23-9-8-22(20(23)25)17-7-6-14-4-2-3-5-15(14)10-17/h2-7,10-13H,8-9H2,1H3. The molecular weight excluding hydrogens is 330 g/mol. The highest BCUT2D eigenvalue weighted by Crippen LogP contribution is 2.28. The Morgan fingerprint density at radius 1 is 0.962 bits per heavy atom. The number of carbonyl (C=O) groups is 2.